The quantitative estimate of drug-likeness (QED) is 0.695. The van der Waals surface area contributed by atoms with Gasteiger partial charge in [-0.2, -0.15) is 5.10 Å². The summed E-state index contributed by atoms with van der Waals surface area (Å²) in [7, 11) is 1.71. The molecule has 1 N–H and O–H groups in total. The fourth-order valence-electron chi connectivity index (χ4n) is 3.75. The van der Waals surface area contributed by atoms with Gasteiger partial charge >= 0.3 is 0 Å². The number of nitrogens with zero attached hydrogens (tertiary/aromatic N) is 3. The first-order valence-electron chi connectivity index (χ1n) is 9.08. The molecule has 0 amide bonds. The minimum absolute atomic E-state index is 0. The highest BCUT2D eigenvalue weighted by Crippen LogP contribution is 2.36. The lowest BCUT2D eigenvalue weighted by Gasteiger charge is -2.35. The minimum atomic E-state index is 0. The van der Waals surface area contributed by atoms with Crippen LogP contribution in [0.5, 0.6) is 5.75 Å². The van der Waals surface area contributed by atoms with Gasteiger partial charge in [-0.1, -0.05) is 23.7 Å². The molecule has 1 aromatic carbocycles. The zero-order valence-corrected chi connectivity index (χ0v) is 16.5. The number of benzene rings is 1. The largest absolute Gasteiger partial charge is 0.497 e. The molecule has 1 fully saturated rings. The summed E-state index contributed by atoms with van der Waals surface area (Å²) in [5.74, 6) is 1.67. The molecule has 144 valence electrons. The van der Waals surface area contributed by atoms with Gasteiger partial charge in [0.1, 0.15) is 5.75 Å². The Morgan fingerprint density at radius 1 is 1.30 bits per heavy atom. The van der Waals surface area contributed by atoms with Crippen molar-refractivity contribution < 1.29 is 9.26 Å². The summed E-state index contributed by atoms with van der Waals surface area (Å²) in [5.41, 5.74) is 4.26. The van der Waals surface area contributed by atoms with Crippen LogP contribution < -0.4 is 4.74 Å². The van der Waals surface area contributed by atoms with Gasteiger partial charge in [-0.3, -0.25) is 10.00 Å². The number of H-pyrrole nitrogens is 1. The van der Waals surface area contributed by atoms with Gasteiger partial charge in [-0.15, -0.1) is 12.4 Å². The van der Waals surface area contributed by atoms with Gasteiger partial charge in [0.15, 0.2) is 5.76 Å². The molecule has 0 aliphatic carbocycles. The van der Waals surface area contributed by atoms with E-state index in [0.29, 0.717) is 0 Å². The summed E-state index contributed by atoms with van der Waals surface area (Å²) in [6.07, 6.45) is 5.37. The molecule has 3 heterocycles. The van der Waals surface area contributed by atoms with Crippen molar-refractivity contribution in [3.63, 3.8) is 0 Å². The summed E-state index contributed by atoms with van der Waals surface area (Å²) in [6, 6.07) is 10.5. The maximum absolute atomic E-state index is 5.48. The maximum atomic E-state index is 5.48. The van der Waals surface area contributed by atoms with Crippen molar-refractivity contribution in [1.29, 1.82) is 0 Å². The third kappa shape index (κ3) is 4.17. The highest BCUT2D eigenvalue weighted by Gasteiger charge is 2.28. The summed E-state index contributed by atoms with van der Waals surface area (Å²) in [5, 5.41) is 11.5. The lowest BCUT2D eigenvalue weighted by molar-refractivity contribution is 0.137. The van der Waals surface area contributed by atoms with Crippen LogP contribution in [0.4, 0.5) is 0 Å². The second-order valence-electron chi connectivity index (χ2n) is 6.86. The maximum Gasteiger partial charge on any atom is 0.170 e. The van der Waals surface area contributed by atoms with Crippen LogP contribution >= 0.6 is 12.4 Å². The summed E-state index contributed by atoms with van der Waals surface area (Å²) in [4.78, 5) is 2.51. The zero-order valence-electron chi connectivity index (χ0n) is 15.6. The van der Waals surface area contributed by atoms with Crippen molar-refractivity contribution in [3.8, 4) is 17.1 Å². The lowest BCUT2D eigenvalue weighted by atomic mass is 9.95. The van der Waals surface area contributed by atoms with Crippen molar-refractivity contribution in [2.24, 2.45) is 0 Å². The number of ether oxygens (including phenoxy) is 1. The van der Waals surface area contributed by atoms with Crippen molar-refractivity contribution in [1.82, 2.24) is 20.3 Å². The van der Waals surface area contributed by atoms with Gasteiger partial charge in [0, 0.05) is 12.6 Å². The standard InChI is InChI=1S/C20H24N4O2.ClH/c1-14-10-19(26-23-14)17-12-21-22-20(17)18-8-3-4-9-24(18)13-15-6-5-7-16(11-15)25-2;/h5-7,10-12,18H,3-4,8-9,13H2,1-2H3,(H,21,22);1H. The highest BCUT2D eigenvalue weighted by molar-refractivity contribution is 5.85. The molecule has 0 spiro atoms. The molecule has 1 unspecified atom stereocenters. The van der Waals surface area contributed by atoms with Gasteiger partial charge < -0.3 is 9.26 Å². The minimum Gasteiger partial charge on any atom is -0.497 e. The Morgan fingerprint density at radius 3 is 2.96 bits per heavy atom. The summed E-state index contributed by atoms with van der Waals surface area (Å²) in [6.45, 7) is 3.88. The van der Waals surface area contributed by atoms with Gasteiger partial charge in [-0.05, 0) is 44.0 Å². The molecule has 1 saturated heterocycles. The number of hydrogen-bond donors (Lipinski definition) is 1. The third-order valence-electron chi connectivity index (χ3n) is 5.03. The van der Waals surface area contributed by atoms with E-state index in [1.807, 2.05) is 31.3 Å². The van der Waals surface area contributed by atoms with Gasteiger partial charge in [-0.25, -0.2) is 0 Å². The number of methoxy groups -OCH3 is 1. The predicted molar refractivity (Wildman–Crippen MR) is 106 cm³/mol. The van der Waals surface area contributed by atoms with Crippen LogP contribution in [0.15, 0.2) is 41.1 Å². The normalized spacial score (nSPS) is 17.5. The molecule has 0 radical (unpaired) electrons. The van der Waals surface area contributed by atoms with Crippen LogP contribution in [0.3, 0.4) is 0 Å². The summed E-state index contributed by atoms with van der Waals surface area (Å²) >= 11 is 0. The molecule has 0 saturated carbocycles. The second kappa shape index (κ2) is 8.59. The fourth-order valence-corrected chi connectivity index (χ4v) is 3.75. The van der Waals surface area contributed by atoms with E-state index in [2.05, 4.69) is 32.4 Å². The number of aryl methyl sites for hydroxylation is 1. The molecular formula is C20H25ClN4O2. The van der Waals surface area contributed by atoms with E-state index in [1.54, 1.807) is 7.11 Å². The number of piperidine rings is 1. The van der Waals surface area contributed by atoms with Gasteiger partial charge in [0.05, 0.1) is 36.3 Å². The Labute approximate surface area is 165 Å². The average molecular weight is 389 g/mol. The number of rotatable bonds is 5. The predicted octanol–water partition coefficient (Wildman–Crippen LogP) is 4.53. The van der Waals surface area contributed by atoms with E-state index in [-0.39, 0.29) is 18.4 Å². The molecule has 1 atom stereocenters. The molecule has 6 nitrogen and oxygen atoms in total. The van der Waals surface area contributed by atoms with Gasteiger partial charge in [0.2, 0.25) is 0 Å². The van der Waals surface area contributed by atoms with Crippen LogP contribution in [-0.4, -0.2) is 33.9 Å². The summed E-state index contributed by atoms with van der Waals surface area (Å²) < 4.78 is 10.8. The third-order valence-corrected chi connectivity index (χ3v) is 5.03. The Morgan fingerprint density at radius 2 is 2.19 bits per heavy atom. The van der Waals surface area contributed by atoms with Gasteiger partial charge in [0.25, 0.3) is 0 Å². The Kier molecular flexibility index (Phi) is 6.19. The van der Waals surface area contributed by atoms with E-state index in [4.69, 9.17) is 9.26 Å². The Hall–Kier alpha value is -2.31. The first-order valence-corrected chi connectivity index (χ1v) is 9.08. The molecule has 1 aliphatic heterocycles. The molecule has 27 heavy (non-hydrogen) atoms. The smallest absolute Gasteiger partial charge is 0.170 e. The van der Waals surface area contributed by atoms with Crippen molar-refractivity contribution in [2.45, 2.75) is 38.8 Å². The van der Waals surface area contributed by atoms with E-state index in [0.717, 1.165) is 48.0 Å². The van der Waals surface area contributed by atoms with Crippen molar-refractivity contribution >= 4 is 12.4 Å². The number of halogens is 1. The SMILES string of the molecule is COc1cccc(CN2CCCCC2c2[nH]ncc2-c2cc(C)no2)c1.Cl. The topological polar surface area (TPSA) is 67.2 Å². The van der Waals surface area contributed by atoms with Crippen molar-refractivity contribution in [3.05, 3.63) is 53.5 Å². The average Bonchev–Trinajstić information content (AvgIpc) is 3.31. The van der Waals surface area contributed by atoms with Crippen LogP contribution in [0.25, 0.3) is 11.3 Å². The van der Waals surface area contributed by atoms with E-state index in [1.165, 1.54) is 18.4 Å². The molecule has 0 bridgehead atoms. The van der Waals surface area contributed by atoms with Crippen molar-refractivity contribution in [2.75, 3.05) is 13.7 Å². The zero-order chi connectivity index (χ0) is 17.9. The molecule has 4 rings (SSSR count). The fraction of sp³-hybridized carbons (Fsp3) is 0.400. The first kappa shape index (κ1) is 19.5. The first-order chi connectivity index (χ1) is 12.7. The number of nitrogens with one attached hydrogen (secondary N) is 1. The number of aromatic nitrogens is 3. The van der Waals surface area contributed by atoms with E-state index < -0.39 is 0 Å². The van der Waals surface area contributed by atoms with Crippen LogP contribution in [0.2, 0.25) is 0 Å². The number of aromatic amines is 1. The number of hydrogen-bond acceptors (Lipinski definition) is 5. The van der Waals surface area contributed by atoms with Crippen LogP contribution in [0.1, 0.15) is 42.3 Å². The van der Waals surface area contributed by atoms with E-state index >= 15 is 0 Å². The molecule has 1 aliphatic rings. The van der Waals surface area contributed by atoms with Crippen LogP contribution in [0, 0.1) is 6.92 Å². The monoisotopic (exact) mass is 388 g/mol. The Bertz CT molecular complexity index is 876. The van der Waals surface area contributed by atoms with E-state index in [9.17, 15) is 0 Å². The lowest BCUT2D eigenvalue weighted by Crippen LogP contribution is -2.33. The second-order valence-corrected chi connectivity index (χ2v) is 6.86. The number of likely N-dealkylation sites (tertiary alicyclic amines) is 1. The molecular weight excluding hydrogens is 364 g/mol. The molecule has 7 heteroatoms. The molecule has 3 aromatic rings. The van der Waals surface area contributed by atoms with Crippen LogP contribution in [-0.2, 0) is 6.54 Å². The molecule has 2 aromatic heterocycles. The highest BCUT2D eigenvalue weighted by atomic mass is 35.5. The Balaban J connectivity index is 0.00000210.